The monoisotopic (exact) mass is 302 g/mol. The second kappa shape index (κ2) is 8.20. The predicted octanol–water partition coefficient (Wildman–Crippen LogP) is 3.05. The number of aliphatic hydroxyl groups excluding tert-OH is 1. The second-order valence-corrected chi connectivity index (χ2v) is 6.38. The van der Waals surface area contributed by atoms with Crippen molar-refractivity contribution in [3.63, 3.8) is 0 Å². The van der Waals surface area contributed by atoms with Gasteiger partial charge in [-0.2, -0.15) is 0 Å². The minimum atomic E-state index is 0.300. The molecule has 108 valence electrons. The van der Waals surface area contributed by atoms with Crippen LogP contribution in [0.4, 0.5) is 0 Å². The Balaban J connectivity index is 1.71. The van der Waals surface area contributed by atoms with Gasteiger partial charge in [-0.3, -0.25) is 0 Å². The van der Waals surface area contributed by atoms with E-state index in [4.69, 9.17) is 16.7 Å². The van der Waals surface area contributed by atoms with Crippen molar-refractivity contribution >= 4 is 22.9 Å². The Morgan fingerprint density at radius 2 is 2.16 bits per heavy atom. The van der Waals surface area contributed by atoms with Gasteiger partial charge in [-0.1, -0.05) is 6.42 Å². The van der Waals surface area contributed by atoms with Gasteiger partial charge in [0.05, 0.1) is 16.6 Å². The van der Waals surface area contributed by atoms with E-state index < -0.39 is 0 Å². The average molecular weight is 303 g/mol. The van der Waals surface area contributed by atoms with Crippen LogP contribution in [0, 0.1) is 0 Å². The first kappa shape index (κ1) is 15.2. The molecule has 19 heavy (non-hydrogen) atoms. The van der Waals surface area contributed by atoms with Crippen LogP contribution in [0.5, 0.6) is 0 Å². The van der Waals surface area contributed by atoms with Crippen molar-refractivity contribution in [1.82, 2.24) is 9.88 Å². The number of rotatable bonds is 9. The van der Waals surface area contributed by atoms with Gasteiger partial charge in [0.1, 0.15) is 0 Å². The fourth-order valence-corrected chi connectivity index (χ4v) is 3.53. The van der Waals surface area contributed by atoms with Crippen molar-refractivity contribution in [2.24, 2.45) is 0 Å². The van der Waals surface area contributed by atoms with Gasteiger partial charge in [-0.05, 0) is 32.2 Å². The predicted molar refractivity (Wildman–Crippen MR) is 80.9 cm³/mol. The Morgan fingerprint density at radius 1 is 1.37 bits per heavy atom. The maximum Gasteiger partial charge on any atom is 0.0929 e. The molecule has 1 aromatic rings. The molecule has 1 saturated carbocycles. The molecular weight excluding hydrogens is 280 g/mol. The fourth-order valence-electron chi connectivity index (χ4n) is 2.46. The molecule has 1 aliphatic rings. The quantitative estimate of drug-likeness (QED) is 0.712. The molecule has 0 spiro atoms. The molecule has 1 aromatic heterocycles. The van der Waals surface area contributed by atoms with Crippen molar-refractivity contribution in [3.05, 3.63) is 16.1 Å². The molecule has 0 atom stereocenters. The molecule has 0 aliphatic heterocycles. The smallest absolute Gasteiger partial charge is 0.0929 e. The lowest BCUT2D eigenvalue weighted by molar-refractivity contribution is 0.115. The van der Waals surface area contributed by atoms with Crippen molar-refractivity contribution in [2.75, 3.05) is 19.7 Å². The van der Waals surface area contributed by atoms with Crippen molar-refractivity contribution in [2.45, 2.75) is 50.4 Å². The van der Waals surface area contributed by atoms with Gasteiger partial charge < -0.3 is 10.0 Å². The Kier molecular flexibility index (Phi) is 6.57. The highest BCUT2D eigenvalue weighted by molar-refractivity contribution is 7.09. The lowest BCUT2D eigenvalue weighted by Gasteiger charge is -2.37. The topological polar surface area (TPSA) is 36.4 Å². The maximum atomic E-state index is 8.97. The van der Waals surface area contributed by atoms with Crippen LogP contribution in [-0.4, -0.2) is 40.7 Å². The first-order valence-electron chi connectivity index (χ1n) is 7.17. The van der Waals surface area contributed by atoms with Gasteiger partial charge in [-0.25, -0.2) is 4.98 Å². The van der Waals surface area contributed by atoms with Crippen LogP contribution < -0.4 is 0 Å². The third-order valence-corrected chi connectivity index (χ3v) is 5.00. The highest BCUT2D eigenvalue weighted by atomic mass is 35.5. The van der Waals surface area contributed by atoms with E-state index in [1.54, 1.807) is 11.3 Å². The number of alkyl halides is 1. The zero-order valence-electron chi connectivity index (χ0n) is 11.4. The van der Waals surface area contributed by atoms with Crippen LogP contribution in [-0.2, 0) is 12.3 Å². The molecule has 0 radical (unpaired) electrons. The summed E-state index contributed by atoms with van der Waals surface area (Å²) in [5, 5.41) is 12.2. The standard InChI is InChI=1S/C14H23ClN2OS/c15-10-12-11-19-14(16-12)6-2-7-17(8-3-9-18)13-4-1-5-13/h11,13,18H,1-10H2. The first-order chi connectivity index (χ1) is 9.33. The fraction of sp³-hybridized carbons (Fsp3) is 0.786. The van der Waals surface area contributed by atoms with E-state index in [2.05, 4.69) is 15.3 Å². The molecule has 2 rings (SSSR count). The summed E-state index contributed by atoms with van der Waals surface area (Å²) in [6.45, 7) is 2.46. The Labute approximate surface area is 124 Å². The van der Waals surface area contributed by atoms with Gasteiger partial charge in [0.15, 0.2) is 0 Å². The van der Waals surface area contributed by atoms with E-state index >= 15 is 0 Å². The molecule has 3 nitrogen and oxygen atoms in total. The molecule has 0 amide bonds. The first-order valence-corrected chi connectivity index (χ1v) is 8.59. The van der Waals surface area contributed by atoms with Crippen molar-refractivity contribution in [1.29, 1.82) is 0 Å². The minimum absolute atomic E-state index is 0.300. The van der Waals surface area contributed by atoms with Gasteiger partial charge in [0.25, 0.3) is 0 Å². The van der Waals surface area contributed by atoms with E-state index in [-0.39, 0.29) is 0 Å². The molecule has 0 saturated heterocycles. The number of aliphatic hydroxyl groups is 1. The summed E-state index contributed by atoms with van der Waals surface area (Å²) in [4.78, 5) is 7.05. The molecule has 1 aliphatic carbocycles. The molecule has 0 bridgehead atoms. The van der Waals surface area contributed by atoms with E-state index in [1.807, 2.05) is 0 Å². The largest absolute Gasteiger partial charge is 0.396 e. The second-order valence-electron chi connectivity index (χ2n) is 5.17. The third-order valence-electron chi connectivity index (χ3n) is 3.77. The normalized spacial score (nSPS) is 15.9. The molecule has 1 N–H and O–H groups in total. The van der Waals surface area contributed by atoms with Crippen LogP contribution in [0.2, 0.25) is 0 Å². The van der Waals surface area contributed by atoms with E-state index in [1.165, 1.54) is 24.3 Å². The lowest BCUT2D eigenvalue weighted by Crippen LogP contribution is -2.41. The zero-order chi connectivity index (χ0) is 13.5. The number of aryl methyl sites for hydroxylation is 1. The highest BCUT2D eigenvalue weighted by Gasteiger charge is 2.23. The van der Waals surface area contributed by atoms with Gasteiger partial charge in [0, 0.05) is 31.0 Å². The van der Waals surface area contributed by atoms with Gasteiger partial charge in [0.2, 0.25) is 0 Å². The number of thiazole rings is 1. The molecule has 5 heteroatoms. The van der Waals surface area contributed by atoms with Crippen LogP contribution in [0.15, 0.2) is 5.38 Å². The number of hydrogen-bond donors (Lipinski definition) is 1. The summed E-state index contributed by atoms with van der Waals surface area (Å²) >= 11 is 7.48. The number of nitrogens with zero attached hydrogens (tertiary/aromatic N) is 2. The summed E-state index contributed by atoms with van der Waals surface area (Å²) in [7, 11) is 0. The van der Waals surface area contributed by atoms with E-state index in [0.29, 0.717) is 12.5 Å². The van der Waals surface area contributed by atoms with Crippen molar-refractivity contribution in [3.8, 4) is 0 Å². The van der Waals surface area contributed by atoms with Crippen LogP contribution in [0.3, 0.4) is 0 Å². The van der Waals surface area contributed by atoms with Crippen LogP contribution >= 0.6 is 22.9 Å². The highest BCUT2D eigenvalue weighted by Crippen LogP contribution is 2.25. The zero-order valence-corrected chi connectivity index (χ0v) is 12.9. The van der Waals surface area contributed by atoms with Crippen LogP contribution in [0.25, 0.3) is 0 Å². The summed E-state index contributed by atoms with van der Waals surface area (Å²) in [6, 6.07) is 0.765. The van der Waals surface area contributed by atoms with Crippen molar-refractivity contribution < 1.29 is 5.11 Å². The number of hydrogen-bond acceptors (Lipinski definition) is 4. The number of aromatic nitrogens is 1. The van der Waals surface area contributed by atoms with Gasteiger partial charge >= 0.3 is 0 Å². The molecular formula is C14H23ClN2OS. The van der Waals surface area contributed by atoms with Gasteiger partial charge in [-0.15, -0.1) is 22.9 Å². The lowest BCUT2D eigenvalue weighted by atomic mass is 9.91. The summed E-state index contributed by atoms with van der Waals surface area (Å²) in [5.74, 6) is 0.515. The van der Waals surface area contributed by atoms with Crippen LogP contribution in [0.1, 0.15) is 42.8 Å². The van der Waals surface area contributed by atoms with E-state index in [9.17, 15) is 0 Å². The summed E-state index contributed by atoms with van der Waals surface area (Å²) in [6.07, 6.45) is 7.12. The molecule has 0 unspecified atom stereocenters. The Bertz CT molecular complexity index is 368. The Hall–Kier alpha value is -0.160. The Morgan fingerprint density at radius 3 is 2.74 bits per heavy atom. The molecule has 1 heterocycles. The minimum Gasteiger partial charge on any atom is -0.396 e. The maximum absolute atomic E-state index is 8.97. The summed E-state index contributed by atoms with van der Waals surface area (Å²) < 4.78 is 0. The molecule has 1 fully saturated rings. The van der Waals surface area contributed by atoms with E-state index in [0.717, 1.165) is 44.1 Å². The number of halogens is 1. The SMILES string of the molecule is OCCCN(CCCc1nc(CCl)cs1)C1CCC1. The average Bonchev–Trinajstić information content (AvgIpc) is 2.81. The summed E-state index contributed by atoms with van der Waals surface area (Å²) in [5.41, 5.74) is 0.998. The third kappa shape index (κ3) is 4.71. The molecule has 0 aromatic carbocycles.